The van der Waals surface area contributed by atoms with Crippen molar-refractivity contribution in [2.45, 2.75) is 25.7 Å². The lowest BCUT2D eigenvalue weighted by Gasteiger charge is -2.12. The molecule has 0 bridgehead atoms. The van der Waals surface area contributed by atoms with E-state index in [4.69, 9.17) is 16.6 Å². The highest BCUT2D eigenvalue weighted by Crippen LogP contribution is 2.31. The Morgan fingerprint density at radius 3 is 2.62 bits per heavy atom. The number of hydrogen-bond acceptors (Lipinski definition) is 1. The molecule has 1 nitrogen and oxygen atoms in total. The summed E-state index contributed by atoms with van der Waals surface area (Å²) in [5.74, 6) is -0.196. The first kappa shape index (κ1) is 15.3. The molecule has 3 aromatic rings. The molecule has 0 N–H and O–H groups in total. The van der Waals surface area contributed by atoms with E-state index in [2.05, 4.69) is 6.07 Å². The van der Waals surface area contributed by atoms with Gasteiger partial charge >= 0.3 is 0 Å². The Morgan fingerprint density at radius 2 is 1.83 bits per heavy atom. The van der Waals surface area contributed by atoms with Crippen molar-refractivity contribution in [3.63, 3.8) is 0 Å². The normalized spacial score (nSPS) is 13.1. The lowest BCUT2D eigenvalue weighted by molar-refractivity contribution is 0.627. The van der Waals surface area contributed by atoms with Gasteiger partial charge < -0.3 is 0 Å². The third-order valence-electron chi connectivity index (χ3n) is 4.57. The minimum Gasteiger partial charge on any atom is -0.253 e. The highest BCUT2D eigenvalue weighted by Gasteiger charge is 2.18. The fourth-order valence-electron chi connectivity index (χ4n) is 3.40. The molecule has 1 aromatic heterocycles. The van der Waals surface area contributed by atoms with E-state index in [9.17, 15) is 4.39 Å². The predicted molar refractivity (Wildman–Crippen MR) is 95.9 cm³/mol. The van der Waals surface area contributed by atoms with Crippen LogP contribution < -0.4 is 0 Å². The molecular formula is C21H17ClFN. The maximum atomic E-state index is 13.1. The highest BCUT2D eigenvalue weighted by atomic mass is 35.5. The van der Waals surface area contributed by atoms with Crippen molar-refractivity contribution in [2.24, 2.45) is 0 Å². The zero-order chi connectivity index (χ0) is 16.5. The summed E-state index contributed by atoms with van der Waals surface area (Å²) in [7, 11) is 0. The third kappa shape index (κ3) is 3.07. The first-order chi connectivity index (χ1) is 11.7. The van der Waals surface area contributed by atoms with E-state index in [0.29, 0.717) is 0 Å². The average molecular weight is 338 g/mol. The van der Waals surface area contributed by atoms with E-state index in [1.54, 1.807) is 0 Å². The second kappa shape index (κ2) is 6.37. The monoisotopic (exact) mass is 337 g/mol. The summed E-state index contributed by atoms with van der Waals surface area (Å²) in [5, 5.41) is 0.717. The number of aryl methyl sites for hydroxylation is 1. The quantitative estimate of drug-likeness (QED) is 0.604. The molecule has 0 fully saturated rings. The van der Waals surface area contributed by atoms with Crippen molar-refractivity contribution >= 4 is 11.6 Å². The largest absolute Gasteiger partial charge is 0.253 e. The zero-order valence-corrected chi connectivity index (χ0v) is 14.0. The predicted octanol–water partition coefficient (Wildman–Crippen LogP) is 5.62. The molecule has 0 spiro atoms. The molecule has 0 radical (unpaired) electrons. The van der Waals surface area contributed by atoms with Crippen LogP contribution >= 0.6 is 11.6 Å². The van der Waals surface area contributed by atoms with Crippen molar-refractivity contribution in [3.05, 3.63) is 87.8 Å². The van der Waals surface area contributed by atoms with E-state index in [0.717, 1.165) is 47.5 Å². The molecule has 24 heavy (non-hydrogen) atoms. The van der Waals surface area contributed by atoms with Gasteiger partial charge in [-0.15, -0.1) is 0 Å². The Kier molecular flexibility index (Phi) is 4.07. The highest BCUT2D eigenvalue weighted by molar-refractivity contribution is 6.30. The molecular weight excluding hydrogens is 321 g/mol. The molecule has 0 aliphatic heterocycles. The van der Waals surface area contributed by atoms with Crippen LogP contribution in [0.5, 0.6) is 0 Å². The Bertz CT molecular complexity index is 887. The number of halogens is 2. The van der Waals surface area contributed by atoms with Crippen LogP contribution in [-0.2, 0) is 19.3 Å². The first-order valence-corrected chi connectivity index (χ1v) is 8.59. The van der Waals surface area contributed by atoms with Crippen LogP contribution in [0.4, 0.5) is 4.39 Å². The Labute approximate surface area is 146 Å². The summed E-state index contributed by atoms with van der Waals surface area (Å²) in [6, 6.07) is 16.7. The summed E-state index contributed by atoms with van der Waals surface area (Å²) < 4.78 is 13.1. The Morgan fingerprint density at radius 1 is 1.00 bits per heavy atom. The van der Waals surface area contributed by atoms with Crippen LogP contribution in [0, 0.1) is 5.82 Å². The van der Waals surface area contributed by atoms with E-state index < -0.39 is 0 Å². The molecule has 3 heteroatoms. The van der Waals surface area contributed by atoms with Gasteiger partial charge in [0.15, 0.2) is 0 Å². The Hall–Kier alpha value is -2.19. The van der Waals surface area contributed by atoms with E-state index in [-0.39, 0.29) is 5.82 Å². The fraction of sp³-hybridized carbons (Fsp3) is 0.190. The molecule has 1 aliphatic carbocycles. The molecule has 120 valence electrons. The fourth-order valence-corrected chi connectivity index (χ4v) is 3.59. The summed E-state index contributed by atoms with van der Waals surface area (Å²) >= 11 is 6.13. The van der Waals surface area contributed by atoms with E-state index in [1.165, 1.54) is 29.0 Å². The molecule has 0 amide bonds. The molecule has 0 atom stereocenters. The second-order valence-electron chi connectivity index (χ2n) is 6.26. The first-order valence-electron chi connectivity index (χ1n) is 8.21. The molecule has 1 heterocycles. The van der Waals surface area contributed by atoms with Gasteiger partial charge in [0.05, 0.1) is 5.69 Å². The molecule has 2 aromatic carbocycles. The smallest absolute Gasteiger partial charge is 0.123 e. The van der Waals surface area contributed by atoms with Gasteiger partial charge in [-0.25, -0.2) is 4.39 Å². The Balaban J connectivity index is 1.77. The SMILES string of the molecule is Fc1ccc(Cc2cc(-c3cccc(Cl)c3)nc3c2CCC3)cc1. The zero-order valence-electron chi connectivity index (χ0n) is 13.2. The molecule has 4 rings (SSSR count). The molecule has 0 saturated carbocycles. The van der Waals surface area contributed by atoms with Crippen molar-refractivity contribution in [1.82, 2.24) is 4.98 Å². The van der Waals surface area contributed by atoms with Crippen molar-refractivity contribution in [1.29, 1.82) is 0 Å². The standard InChI is InChI=1S/C21H17ClFN/c22-17-4-1-3-15(12-17)21-13-16(19-5-2-6-20(19)24-21)11-14-7-9-18(23)10-8-14/h1,3-4,7-10,12-13H,2,5-6,11H2. The van der Waals surface area contributed by atoms with E-state index in [1.807, 2.05) is 36.4 Å². The average Bonchev–Trinajstić information content (AvgIpc) is 3.06. The van der Waals surface area contributed by atoms with Gasteiger partial charge in [-0.05, 0) is 72.7 Å². The number of rotatable bonds is 3. The number of benzene rings is 2. The van der Waals surface area contributed by atoms with Crippen molar-refractivity contribution in [2.75, 3.05) is 0 Å². The lowest BCUT2D eigenvalue weighted by atomic mass is 9.97. The summed E-state index contributed by atoms with van der Waals surface area (Å²) in [4.78, 5) is 4.86. The van der Waals surface area contributed by atoms with Crippen LogP contribution in [-0.4, -0.2) is 4.98 Å². The maximum Gasteiger partial charge on any atom is 0.123 e. The number of nitrogens with zero attached hydrogens (tertiary/aromatic N) is 1. The maximum absolute atomic E-state index is 13.1. The van der Waals surface area contributed by atoms with Gasteiger partial charge in [-0.2, -0.15) is 0 Å². The van der Waals surface area contributed by atoms with Gasteiger partial charge in [0.2, 0.25) is 0 Å². The van der Waals surface area contributed by atoms with Gasteiger partial charge in [-0.1, -0.05) is 35.9 Å². The molecule has 1 aliphatic rings. The molecule has 0 saturated heterocycles. The van der Waals surface area contributed by atoms with Crippen LogP contribution in [0.15, 0.2) is 54.6 Å². The number of hydrogen-bond donors (Lipinski definition) is 0. The van der Waals surface area contributed by atoms with Gasteiger partial charge in [0.1, 0.15) is 5.82 Å². The summed E-state index contributed by atoms with van der Waals surface area (Å²) in [6.45, 7) is 0. The number of fused-ring (bicyclic) bond motifs is 1. The van der Waals surface area contributed by atoms with Gasteiger partial charge in [0, 0.05) is 16.3 Å². The van der Waals surface area contributed by atoms with Crippen LogP contribution in [0.1, 0.15) is 28.8 Å². The van der Waals surface area contributed by atoms with Gasteiger partial charge in [-0.3, -0.25) is 4.98 Å². The van der Waals surface area contributed by atoms with Crippen LogP contribution in [0.3, 0.4) is 0 Å². The second-order valence-corrected chi connectivity index (χ2v) is 6.70. The van der Waals surface area contributed by atoms with Crippen LogP contribution in [0.2, 0.25) is 5.02 Å². The number of aromatic nitrogens is 1. The number of pyridine rings is 1. The van der Waals surface area contributed by atoms with Crippen LogP contribution in [0.25, 0.3) is 11.3 Å². The van der Waals surface area contributed by atoms with Crippen molar-refractivity contribution < 1.29 is 4.39 Å². The summed E-state index contributed by atoms with van der Waals surface area (Å²) in [6.07, 6.45) is 4.06. The minimum atomic E-state index is -0.196. The molecule has 0 unspecified atom stereocenters. The van der Waals surface area contributed by atoms with E-state index >= 15 is 0 Å². The lowest BCUT2D eigenvalue weighted by Crippen LogP contribution is -2.00. The third-order valence-corrected chi connectivity index (χ3v) is 4.81. The summed E-state index contributed by atoms with van der Waals surface area (Å²) in [5.41, 5.74) is 6.98. The van der Waals surface area contributed by atoms with Crippen molar-refractivity contribution in [3.8, 4) is 11.3 Å². The van der Waals surface area contributed by atoms with Gasteiger partial charge in [0.25, 0.3) is 0 Å². The minimum absolute atomic E-state index is 0.196. The topological polar surface area (TPSA) is 12.9 Å².